The third kappa shape index (κ3) is 3.12. The van der Waals surface area contributed by atoms with Gasteiger partial charge < -0.3 is 15.3 Å². The molecule has 1 aliphatic rings. The molecule has 0 saturated carbocycles. The minimum Gasteiger partial charge on any atom is -0.478 e. The van der Waals surface area contributed by atoms with E-state index < -0.39 is 5.97 Å². The largest absolute Gasteiger partial charge is 0.478 e. The van der Waals surface area contributed by atoms with Gasteiger partial charge in [-0.1, -0.05) is 0 Å². The van der Waals surface area contributed by atoms with E-state index in [9.17, 15) is 9.59 Å². The molecule has 0 aliphatic carbocycles. The van der Waals surface area contributed by atoms with Crippen LogP contribution in [-0.4, -0.2) is 47.1 Å². The van der Waals surface area contributed by atoms with E-state index in [1.165, 1.54) is 12.1 Å². The van der Waals surface area contributed by atoms with Gasteiger partial charge in [-0.05, 0) is 38.1 Å². The summed E-state index contributed by atoms with van der Waals surface area (Å²) in [5, 5.41) is 12.2. The summed E-state index contributed by atoms with van der Waals surface area (Å²) in [6, 6.07) is 6.61. The molecule has 1 fully saturated rings. The van der Waals surface area contributed by atoms with Crippen molar-refractivity contribution >= 4 is 11.9 Å². The van der Waals surface area contributed by atoms with Crippen LogP contribution in [-0.2, 0) is 0 Å². The van der Waals surface area contributed by atoms with E-state index in [4.69, 9.17) is 5.11 Å². The van der Waals surface area contributed by atoms with Crippen LogP contribution in [0.4, 0.5) is 0 Å². The lowest BCUT2D eigenvalue weighted by atomic mass is 10.1. The van der Waals surface area contributed by atoms with Crippen molar-refractivity contribution in [1.82, 2.24) is 10.2 Å². The van der Waals surface area contributed by atoms with Crippen molar-refractivity contribution in [2.24, 2.45) is 0 Å². The number of carbonyl (C=O) groups excluding carboxylic acids is 1. The molecule has 102 valence electrons. The molecule has 1 amide bonds. The Morgan fingerprint density at radius 1 is 1.11 bits per heavy atom. The fraction of sp³-hybridized carbons (Fsp3) is 0.429. The maximum absolute atomic E-state index is 12.3. The van der Waals surface area contributed by atoms with Gasteiger partial charge in [0.15, 0.2) is 0 Å². The van der Waals surface area contributed by atoms with Gasteiger partial charge in [0.25, 0.3) is 5.91 Å². The number of nitrogens with one attached hydrogen (secondary N) is 1. The number of amides is 1. The SMILES string of the molecule is CC1CN(C(=O)c2ccc(C(=O)O)cc2)CC(C)N1. The van der Waals surface area contributed by atoms with E-state index >= 15 is 0 Å². The first-order valence-electron chi connectivity index (χ1n) is 6.36. The molecule has 2 N–H and O–H groups in total. The summed E-state index contributed by atoms with van der Waals surface area (Å²) in [6.45, 7) is 5.43. The first kappa shape index (κ1) is 13.5. The molecule has 19 heavy (non-hydrogen) atoms. The van der Waals surface area contributed by atoms with Crippen LogP contribution in [0.25, 0.3) is 0 Å². The molecule has 0 aromatic heterocycles. The van der Waals surface area contributed by atoms with Crippen molar-refractivity contribution in [2.45, 2.75) is 25.9 Å². The van der Waals surface area contributed by atoms with E-state index in [1.807, 2.05) is 18.7 Å². The van der Waals surface area contributed by atoms with E-state index in [-0.39, 0.29) is 23.6 Å². The Morgan fingerprint density at radius 3 is 2.05 bits per heavy atom. The van der Waals surface area contributed by atoms with Gasteiger partial charge >= 0.3 is 5.97 Å². The van der Waals surface area contributed by atoms with Crippen LogP contribution in [0.2, 0.25) is 0 Å². The molecule has 0 radical (unpaired) electrons. The quantitative estimate of drug-likeness (QED) is 0.840. The van der Waals surface area contributed by atoms with Crippen LogP contribution >= 0.6 is 0 Å². The minimum absolute atomic E-state index is 0.0443. The highest BCUT2D eigenvalue weighted by atomic mass is 16.4. The maximum Gasteiger partial charge on any atom is 0.335 e. The third-order valence-corrected chi connectivity index (χ3v) is 3.22. The van der Waals surface area contributed by atoms with Crippen LogP contribution in [0.5, 0.6) is 0 Å². The molecule has 1 heterocycles. The van der Waals surface area contributed by atoms with E-state index in [1.54, 1.807) is 12.1 Å². The highest BCUT2D eigenvalue weighted by Gasteiger charge is 2.25. The van der Waals surface area contributed by atoms with Crippen LogP contribution in [0.15, 0.2) is 24.3 Å². The average Bonchev–Trinajstić information content (AvgIpc) is 2.37. The Bertz CT molecular complexity index is 474. The van der Waals surface area contributed by atoms with Gasteiger partial charge in [0, 0.05) is 30.7 Å². The van der Waals surface area contributed by atoms with Crippen LogP contribution in [0.3, 0.4) is 0 Å². The second-order valence-electron chi connectivity index (χ2n) is 5.06. The number of carboxylic acids is 1. The lowest BCUT2D eigenvalue weighted by Gasteiger charge is -2.36. The molecule has 1 saturated heterocycles. The van der Waals surface area contributed by atoms with E-state index in [2.05, 4.69) is 5.32 Å². The molecule has 5 nitrogen and oxygen atoms in total. The van der Waals surface area contributed by atoms with Crippen molar-refractivity contribution in [3.8, 4) is 0 Å². The standard InChI is InChI=1S/C14H18N2O3/c1-9-7-16(8-10(2)15-9)13(17)11-3-5-12(6-4-11)14(18)19/h3-6,9-10,15H,7-8H2,1-2H3,(H,18,19). The summed E-state index contributed by atoms with van der Waals surface area (Å²) in [6.07, 6.45) is 0. The van der Waals surface area contributed by atoms with Gasteiger partial charge in [-0.2, -0.15) is 0 Å². The Kier molecular flexibility index (Phi) is 3.85. The van der Waals surface area contributed by atoms with Crippen LogP contribution in [0.1, 0.15) is 34.6 Å². The summed E-state index contributed by atoms with van der Waals surface area (Å²) >= 11 is 0. The second-order valence-corrected chi connectivity index (χ2v) is 5.06. The smallest absolute Gasteiger partial charge is 0.335 e. The number of rotatable bonds is 2. The molecule has 0 spiro atoms. The number of hydrogen-bond donors (Lipinski definition) is 2. The minimum atomic E-state index is -0.983. The molecule has 1 aromatic carbocycles. The molecule has 5 heteroatoms. The Morgan fingerprint density at radius 2 is 1.58 bits per heavy atom. The lowest BCUT2D eigenvalue weighted by molar-refractivity contribution is 0.0668. The fourth-order valence-electron chi connectivity index (χ4n) is 2.43. The summed E-state index contributed by atoms with van der Waals surface area (Å²) in [5.74, 6) is -1.03. The molecule has 2 rings (SSSR count). The van der Waals surface area contributed by atoms with Crippen molar-refractivity contribution in [3.63, 3.8) is 0 Å². The fourth-order valence-corrected chi connectivity index (χ4v) is 2.43. The van der Waals surface area contributed by atoms with Crippen molar-refractivity contribution in [1.29, 1.82) is 0 Å². The lowest BCUT2D eigenvalue weighted by Crippen LogP contribution is -2.55. The van der Waals surface area contributed by atoms with Crippen LogP contribution < -0.4 is 5.32 Å². The first-order chi connectivity index (χ1) is 8.97. The Hall–Kier alpha value is -1.88. The molecule has 2 atom stereocenters. The summed E-state index contributed by atoms with van der Waals surface area (Å²) in [5.41, 5.74) is 0.727. The molecule has 0 bridgehead atoms. The van der Waals surface area contributed by atoms with Crippen molar-refractivity contribution in [3.05, 3.63) is 35.4 Å². The Labute approximate surface area is 112 Å². The van der Waals surface area contributed by atoms with Gasteiger partial charge in [-0.15, -0.1) is 0 Å². The molecule has 1 aliphatic heterocycles. The maximum atomic E-state index is 12.3. The first-order valence-corrected chi connectivity index (χ1v) is 6.36. The summed E-state index contributed by atoms with van der Waals surface area (Å²) in [4.78, 5) is 24.9. The van der Waals surface area contributed by atoms with Gasteiger partial charge in [0.05, 0.1) is 5.56 Å². The van der Waals surface area contributed by atoms with Gasteiger partial charge in [-0.3, -0.25) is 4.79 Å². The molecule has 2 unspecified atom stereocenters. The van der Waals surface area contributed by atoms with E-state index in [0.717, 1.165) is 0 Å². The zero-order chi connectivity index (χ0) is 14.0. The highest BCUT2D eigenvalue weighted by molar-refractivity contribution is 5.96. The second kappa shape index (κ2) is 5.40. The zero-order valence-electron chi connectivity index (χ0n) is 11.1. The number of carbonyl (C=O) groups is 2. The third-order valence-electron chi connectivity index (χ3n) is 3.22. The number of aromatic carboxylic acids is 1. The van der Waals surface area contributed by atoms with Gasteiger partial charge in [-0.25, -0.2) is 4.79 Å². The summed E-state index contributed by atoms with van der Waals surface area (Å²) in [7, 11) is 0. The van der Waals surface area contributed by atoms with Gasteiger partial charge in [0.1, 0.15) is 0 Å². The number of nitrogens with zero attached hydrogens (tertiary/aromatic N) is 1. The monoisotopic (exact) mass is 262 g/mol. The molecular formula is C14H18N2O3. The predicted molar refractivity (Wildman–Crippen MR) is 71.4 cm³/mol. The number of piperazine rings is 1. The van der Waals surface area contributed by atoms with Crippen LogP contribution in [0, 0.1) is 0 Å². The topological polar surface area (TPSA) is 69.6 Å². The van der Waals surface area contributed by atoms with Crippen molar-refractivity contribution < 1.29 is 14.7 Å². The summed E-state index contributed by atoms with van der Waals surface area (Å²) < 4.78 is 0. The van der Waals surface area contributed by atoms with Gasteiger partial charge in [0.2, 0.25) is 0 Å². The molecule has 1 aromatic rings. The van der Waals surface area contributed by atoms with Crippen molar-refractivity contribution in [2.75, 3.05) is 13.1 Å². The normalized spacial score (nSPS) is 23.2. The number of carboxylic acid groups (broad SMARTS) is 1. The molecular weight excluding hydrogens is 244 g/mol. The van der Waals surface area contributed by atoms with E-state index in [0.29, 0.717) is 18.7 Å². The Balaban J connectivity index is 2.12. The highest BCUT2D eigenvalue weighted by Crippen LogP contribution is 2.11. The number of hydrogen-bond acceptors (Lipinski definition) is 3. The zero-order valence-corrected chi connectivity index (χ0v) is 11.1. The number of benzene rings is 1. The predicted octanol–water partition coefficient (Wildman–Crippen LogP) is 1.21. The average molecular weight is 262 g/mol.